The van der Waals surface area contributed by atoms with Crippen molar-refractivity contribution in [3.63, 3.8) is 0 Å². The molecule has 0 radical (unpaired) electrons. The Morgan fingerprint density at radius 3 is 2.81 bits per heavy atom. The molecular formula is C24H26FN5O6S. The first-order valence-electron chi connectivity index (χ1n) is 11.6. The van der Waals surface area contributed by atoms with Gasteiger partial charge in [-0.05, 0) is 37.8 Å². The molecule has 11 nitrogen and oxygen atoms in total. The Morgan fingerprint density at radius 2 is 2.00 bits per heavy atom. The molecule has 0 saturated carbocycles. The fourth-order valence-electron chi connectivity index (χ4n) is 4.32. The van der Waals surface area contributed by atoms with Gasteiger partial charge in [0.25, 0.3) is 5.56 Å². The number of nitrogens with zero attached hydrogens (tertiary/aromatic N) is 5. The van der Waals surface area contributed by atoms with E-state index in [1.54, 1.807) is 14.0 Å². The van der Waals surface area contributed by atoms with Crippen LogP contribution in [0.15, 0.2) is 23.3 Å². The molecule has 37 heavy (non-hydrogen) atoms. The maximum atomic E-state index is 14.7. The Morgan fingerprint density at radius 1 is 1.19 bits per heavy atom. The van der Waals surface area contributed by atoms with Crippen molar-refractivity contribution >= 4 is 42.2 Å². The van der Waals surface area contributed by atoms with Crippen molar-refractivity contribution in [2.75, 3.05) is 24.7 Å². The summed E-state index contributed by atoms with van der Waals surface area (Å²) in [5.41, 5.74) is 1.49. The van der Waals surface area contributed by atoms with Gasteiger partial charge in [-0.3, -0.25) is 14.5 Å². The topological polar surface area (TPSA) is 126 Å². The molecule has 1 aromatic carbocycles. The second-order valence-electron chi connectivity index (χ2n) is 8.80. The molecule has 2 aromatic heterocycles. The zero-order valence-corrected chi connectivity index (χ0v) is 21.3. The minimum absolute atomic E-state index is 0. The summed E-state index contributed by atoms with van der Waals surface area (Å²) in [6, 6.07) is 1.34. The number of unbranched alkanes of at least 4 members (excludes halogenated alkanes) is 1. The summed E-state index contributed by atoms with van der Waals surface area (Å²) in [6.45, 7) is 2.21. The van der Waals surface area contributed by atoms with Gasteiger partial charge in [-0.1, -0.05) is 0 Å². The van der Waals surface area contributed by atoms with Crippen LogP contribution >= 0.6 is 13.5 Å². The van der Waals surface area contributed by atoms with Crippen molar-refractivity contribution in [2.24, 2.45) is 7.05 Å². The van der Waals surface area contributed by atoms with Crippen LogP contribution in [0.2, 0.25) is 0 Å². The number of hydrogen-bond acceptors (Lipinski definition) is 9. The van der Waals surface area contributed by atoms with Gasteiger partial charge in [-0.25, -0.2) is 24.1 Å². The number of carbonyl (C=O) groups excluding carboxylic acids is 2. The number of benzene rings is 1. The lowest BCUT2D eigenvalue weighted by atomic mass is 10.1. The quantitative estimate of drug-likeness (QED) is 0.422. The molecule has 13 heteroatoms. The number of rotatable bonds is 7. The second kappa shape index (κ2) is 10.7. The highest BCUT2D eigenvalue weighted by atomic mass is 32.1. The lowest BCUT2D eigenvalue weighted by molar-refractivity contribution is -0.121. The third kappa shape index (κ3) is 5.22. The van der Waals surface area contributed by atoms with Gasteiger partial charge in [-0.2, -0.15) is 13.5 Å². The number of cyclic esters (lactones) is 1. The number of fused-ring (bicyclic) bond motifs is 2. The normalized spacial score (nSPS) is 16.7. The van der Waals surface area contributed by atoms with Crippen LogP contribution in [0.1, 0.15) is 30.5 Å². The van der Waals surface area contributed by atoms with Crippen molar-refractivity contribution < 1.29 is 28.2 Å². The van der Waals surface area contributed by atoms with E-state index in [1.807, 2.05) is 0 Å². The first-order chi connectivity index (χ1) is 17.3. The number of amides is 1. The van der Waals surface area contributed by atoms with Gasteiger partial charge in [0.15, 0.2) is 23.2 Å². The summed E-state index contributed by atoms with van der Waals surface area (Å²) < 4.78 is 32.4. The second-order valence-corrected chi connectivity index (χ2v) is 8.80. The minimum Gasteiger partial charge on any atom is -0.488 e. The van der Waals surface area contributed by atoms with Crippen LogP contribution in [-0.4, -0.2) is 57.3 Å². The monoisotopic (exact) mass is 531 g/mol. The van der Waals surface area contributed by atoms with Crippen molar-refractivity contribution in [1.29, 1.82) is 0 Å². The average Bonchev–Trinajstić information content (AvgIpc) is 3.22. The molecule has 3 aromatic rings. The number of carbonyl (C=O) groups is 2. The minimum atomic E-state index is -0.554. The molecule has 4 heterocycles. The molecule has 1 saturated heterocycles. The molecule has 196 valence electrons. The zero-order chi connectivity index (χ0) is 25.4. The summed E-state index contributed by atoms with van der Waals surface area (Å²) in [7, 11) is 1.55. The van der Waals surface area contributed by atoms with Crippen molar-refractivity contribution in [1.82, 2.24) is 19.5 Å². The molecule has 1 atom stereocenters. The van der Waals surface area contributed by atoms with E-state index >= 15 is 0 Å². The molecular weight excluding hydrogens is 505 g/mol. The van der Waals surface area contributed by atoms with Crippen LogP contribution in [0.4, 0.5) is 15.0 Å². The van der Waals surface area contributed by atoms with E-state index in [-0.39, 0.29) is 56.3 Å². The van der Waals surface area contributed by atoms with Crippen LogP contribution in [0.5, 0.6) is 11.6 Å². The number of halogens is 1. The van der Waals surface area contributed by atoms with Gasteiger partial charge in [0.2, 0.25) is 5.88 Å². The number of ether oxygens (including phenoxy) is 3. The largest absolute Gasteiger partial charge is 0.488 e. The highest BCUT2D eigenvalue weighted by Gasteiger charge is 2.34. The highest BCUT2D eigenvalue weighted by Crippen LogP contribution is 2.30. The van der Waals surface area contributed by atoms with E-state index in [4.69, 9.17) is 14.2 Å². The number of aryl methyl sites for hydroxylation is 2. The lowest BCUT2D eigenvalue weighted by Crippen LogP contribution is -2.28. The molecule has 2 aliphatic rings. The standard InChI is InChI=1S/C24H24FN5O6.H2S/c1-13-7-16(25)22(21-20(13)26-10-19(32)29(21)2)34-6-4-3-5-15-11-30(24(33)36-15)18-9-27-23-17(28-18)8-14(31)12-35-23;/h7,9-10,15H,3-6,8,11-12H2,1-2H3;1H2/t15-;/m0./s1. The molecule has 1 fully saturated rings. The molecule has 0 aliphatic carbocycles. The molecule has 1 amide bonds. The fourth-order valence-corrected chi connectivity index (χ4v) is 4.32. The third-order valence-electron chi connectivity index (χ3n) is 6.19. The highest BCUT2D eigenvalue weighted by molar-refractivity contribution is 7.59. The number of Topliss-reactive ketones (excluding diaryl/α,β-unsaturated/α-hetero) is 1. The van der Waals surface area contributed by atoms with Crippen molar-refractivity contribution in [3.05, 3.63) is 45.9 Å². The molecule has 0 spiro atoms. The van der Waals surface area contributed by atoms with E-state index in [1.165, 1.54) is 27.9 Å². The number of aromatic nitrogens is 4. The predicted octanol–water partition coefficient (Wildman–Crippen LogP) is 2.36. The molecule has 2 aliphatic heterocycles. The first-order valence-corrected chi connectivity index (χ1v) is 11.6. The lowest BCUT2D eigenvalue weighted by Gasteiger charge is -2.17. The summed E-state index contributed by atoms with van der Waals surface area (Å²) in [4.78, 5) is 50.1. The Balaban J connectivity index is 0.00000320. The summed E-state index contributed by atoms with van der Waals surface area (Å²) in [6.07, 6.45) is 3.67. The van der Waals surface area contributed by atoms with Crippen LogP contribution in [0.3, 0.4) is 0 Å². The van der Waals surface area contributed by atoms with Crippen LogP contribution < -0.4 is 19.9 Å². The molecule has 0 unspecified atom stereocenters. The van der Waals surface area contributed by atoms with Gasteiger partial charge in [-0.15, -0.1) is 0 Å². The maximum Gasteiger partial charge on any atom is 0.415 e. The maximum absolute atomic E-state index is 14.7. The van der Waals surface area contributed by atoms with E-state index in [2.05, 4.69) is 15.0 Å². The van der Waals surface area contributed by atoms with Gasteiger partial charge in [0.1, 0.15) is 23.9 Å². The summed E-state index contributed by atoms with van der Waals surface area (Å²) in [5.74, 6) is -0.0492. The van der Waals surface area contributed by atoms with Crippen LogP contribution in [0, 0.1) is 12.7 Å². The SMILES string of the molecule is Cc1cc(F)c(OCCCC[C@H]2CN(c3cnc4c(n3)CC(=O)CO4)C(=O)O2)c2c1ncc(=O)n2C.S. The Labute approximate surface area is 218 Å². The van der Waals surface area contributed by atoms with E-state index in [0.29, 0.717) is 59.8 Å². The molecule has 5 rings (SSSR count). The van der Waals surface area contributed by atoms with E-state index < -0.39 is 11.9 Å². The third-order valence-corrected chi connectivity index (χ3v) is 6.19. The van der Waals surface area contributed by atoms with Gasteiger partial charge in [0, 0.05) is 7.05 Å². The fraction of sp³-hybridized carbons (Fsp3) is 0.417. The molecule has 0 N–H and O–H groups in total. The van der Waals surface area contributed by atoms with Gasteiger partial charge >= 0.3 is 6.09 Å². The number of ketones is 1. The number of anilines is 1. The zero-order valence-electron chi connectivity index (χ0n) is 20.3. The van der Waals surface area contributed by atoms with Gasteiger partial charge < -0.3 is 18.8 Å². The smallest absolute Gasteiger partial charge is 0.415 e. The Kier molecular flexibility index (Phi) is 7.62. The average molecular weight is 532 g/mol. The molecule has 0 bridgehead atoms. The van der Waals surface area contributed by atoms with Crippen LogP contribution in [-0.2, 0) is 23.0 Å². The number of hydrogen-bond donors (Lipinski definition) is 0. The summed E-state index contributed by atoms with van der Waals surface area (Å²) in [5, 5.41) is 0. The Bertz CT molecular complexity index is 1430. The summed E-state index contributed by atoms with van der Waals surface area (Å²) >= 11 is 0. The van der Waals surface area contributed by atoms with E-state index in [0.717, 1.165) is 0 Å². The van der Waals surface area contributed by atoms with Gasteiger partial charge in [0.05, 0.1) is 37.5 Å². The first kappa shape index (κ1) is 26.3. The van der Waals surface area contributed by atoms with Crippen molar-refractivity contribution in [3.8, 4) is 11.6 Å². The Hall–Kier alpha value is -3.74. The van der Waals surface area contributed by atoms with Crippen molar-refractivity contribution in [2.45, 2.75) is 38.7 Å². The predicted molar refractivity (Wildman–Crippen MR) is 135 cm³/mol. The van der Waals surface area contributed by atoms with Crippen LogP contribution in [0.25, 0.3) is 11.0 Å². The van der Waals surface area contributed by atoms with E-state index in [9.17, 15) is 18.8 Å².